The molecule has 94 valence electrons. The van der Waals surface area contributed by atoms with Crippen molar-refractivity contribution in [1.82, 2.24) is 0 Å². The van der Waals surface area contributed by atoms with Gasteiger partial charge >= 0.3 is 0 Å². The molecule has 6 heteroatoms. The zero-order valence-corrected chi connectivity index (χ0v) is 10.6. The number of amides is 1. The van der Waals surface area contributed by atoms with E-state index >= 15 is 0 Å². The minimum Gasteiger partial charge on any atom is -0.368 e. The van der Waals surface area contributed by atoms with Crippen LogP contribution in [0.2, 0.25) is 0 Å². The van der Waals surface area contributed by atoms with Crippen molar-refractivity contribution >= 4 is 15.7 Å². The number of carbonyl (C=O) groups is 1. The molecule has 1 unspecified atom stereocenters. The van der Waals surface area contributed by atoms with Gasteiger partial charge in [0.05, 0.1) is 10.1 Å². The van der Waals surface area contributed by atoms with E-state index in [4.69, 9.17) is 11.5 Å². The first-order valence-corrected chi connectivity index (χ1v) is 6.70. The highest BCUT2D eigenvalue weighted by Gasteiger charge is 2.19. The van der Waals surface area contributed by atoms with Gasteiger partial charge in [-0.1, -0.05) is 12.1 Å². The van der Waals surface area contributed by atoms with Crippen molar-refractivity contribution in [2.75, 3.05) is 0 Å². The summed E-state index contributed by atoms with van der Waals surface area (Å²) >= 11 is 0. The highest BCUT2D eigenvalue weighted by molar-refractivity contribution is 7.92. The van der Waals surface area contributed by atoms with Gasteiger partial charge < -0.3 is 11.5 Å². The predicted molar refractivity (Wildman–Crippen MR) is 64.9 cm³/mol. The minimum absolute atomic E-state index is 0.216. The van der Waals surface area contributed by atoms with Gasteiger partial charge in [-0.15, -0.1) is 0 Å². The van der Waals surface area contributed by atoms with Crippen LogP contribution in [0.15, 0.2) is 29.2 Å². The number of nitrogens with two attached hydrogens (primary N) is 2. The van der Waals surface area contributed by atoms with Gasteiger partial charge in [0.15, 0.2) is 9.84 Å². The lowest BCUT2D eigenvalue weighted by molar-refractivity contribution is -0.119. The van der Waals surface area contributed by atoms with Gasteiger partial charge in [0.25, 0.3) is 0 Å². The Balaban J connectivity index is 3.09. The Morgan fingerprint density at radius 1 is 1.18 bits per heavy atom. The lowest BCUT2D eigenvalue weighted by Crippen LogP contribution is -2.28. The molecule has 1 aromatic rings. The summed E-state index contributed by atoms with van der Waals surface area (Å²) in [6, 6.07) is 4.97. The van der Waals surface area contributed by atoms with Gasteiger partial charge in [0.1, 0.15) is 6.04 Å². The lowest BCUT2D eigenvalue weighted by atomic mass is 10.1. The maximum Gasteiger partial charge on any atom is 0.238 e. The fraction of sp³-hybridized carbons (Fsp3) is 0.364. The van der Waals surface area contributed by atoms with Crippen LogP contribution in [0.3, 0.4) is 0 Å². The van der Waals surface area contributed by atoms with Crippen molar-refractivity contribution in [1.29, 1.82) is 0 Å². The fourth-order valence-electron chi connectivity index (χ4n) is 1.30. The van der Waals surface area contributed by atoms with E-state index in [9.17, 15) is 13.2 Å². The molecule has 1 rings (SSSR count). The van der Waals surface area contributed by atoms with E-state index in [1.54, 1.807) is 13.8 Å². The summed E-state index contributed by atoms with van der Waals surface area (Å²) in [7, 11) is -3.30. The first-order chi connectivity index (χ1) is 7.76. The van der Waals surface area contributed by atoms with E-state index < -0.39 is 27.0 Å². The van der Waals surface area contributed by atoms with Gasteiger partial charge in [-0.3, -0.25) is 4.79 Å². The third-order valence-electron chi connectivity index (χ3n) is 2.49. The minimum atomic E-state index is -3.30. The Hall–Kier alpha value is -1.40. The molecule has 0 radical (unpaired) electrons. The summed E-state index contributed by atoms with van der Waals surface area (Å²) in [6.45, 7) is 3.22. The Morgan fingerprint density at radius 2 is 1.65 bits per heavy atom. The zero-order valence-electron chi connectivity index (χ0n) is 9.75. The molecule has 0 aliphatic heterocycles. The van der Waals surface area contributed by atoms with Crippen molar-refractivity contribution < 1.29 is 13.2 Å². The van der Waals surface area contributed by atoms with Crippen LogP contribution in [0.25, 0.3) is 0 Å². The number of benzene rings is 1. The molecule has 0 aliphatic carbocycles. The van der Waals surface area contributed by atoms with Crippen molar-refractivity contribution in [3.05, 3.63) is 29.8 Å². The van der Waals surface area contributed by atoms with Crippen LogP contribution in [0.4, 0.5) is 0 Å². The number of hydrogen-bond donors (Lipinski definition) is 2. The second-order valence-corrected chi connectivity index (χ2v) is 6.55. The summed E-state index contributed by atoms with van der Waals surface area (Å²) in [4.78, 5) is 11.1. The third-order valence-corrected chi connectivity index (χ3v) is 4.67. The van der Waals surface area contributed by atoms with Gasteiger partial charge in [-0.2, -0.15) is 0 Å². The standard InChI is InChI=1S/C11H16N2O3S/c1-7(2)17(15,16)9-5-3-8(4-6-9)10(12)11(13)14/h3-7,10H,12H2,1-2H3,(H2,13,14). The van der Waals surface area contributed by atoms with Crippen LogP contribution in [-0.4, -0.2) is 19.6 Å². The van der Waals surface area contributed by atoms with Crippen LogP contribution >= 0.6 is 0 Å². The lowest BCUT2D eigenvalue weighted by Gasteiger charge is -2.10. The summed E-state index contributed by atoms with van der Waals surface area (Å²) in [5.41, 5.74) is 11.1. The molecule has 0 aliphatic rings. The normalized spacial score (nSPS) is 13.6. The van der Waals surface area contributed by atoms with E-state index in [0.29, 0.717) is 5.56 Å². The highest BCUT2D eigenvalue weighted by atomic mass is 32.2. The molecular weight excluding hydrogens is 240 g/mol. The number of primary amides is 1. The van der Waals surface area contributed by atoms with Gasteiger partial charge in [-0.05, 0) is 31.5 Å². The van der Waals surface area contributed by atoms with Crippen LogP contribution in [-0.2, 0) is 14.6 Å². The number of hydrogen-bond acceptors (Lipinski definition) is 4. The fourth-order valence-corrected chi connectivity index (χ4v) is 2.36. The predicted octanol–water partition coefficient (Wildman–Crippen LogP) is 0.354. The first-order valence-electron chi connectivity index (χ1n) is 5.15. The molecule has 0 aromatic heterocycles. The zero-order chi connectivity index (χ0) is 13.2. The molecule has 0 saturated carbocycles. The molecule has 0 bridgehead atoms. The van der Waals surface area contributed by atoms with Gasteiger partial charge in [0, 0.05) is 0 Å². The molecular formula is C11H16N2O3S. The second-order valence-electron chi connectivity index (χ2n) is 4.04. The smallest absolute Gasteiger partial charge is 0.238 e. The maximum absolute atomic E-state index is 11.8. The number of sulfone groups is 1. The van der Waals surface area contributed by atoms with Crippen molar-refractivity contribution in [2.45, 2.75) is 30.0 Å². The second kappa shape index (κ2) is 4.85. The van der Waals surface area contributed by atoms with E-state index in [-0.39, 0.29) is 4.90 Å². The van der Waals surface area contributed by atoms with E-state index in [0.717, 1.165) is 0 Å². The monoisotopic (exact) mass is 256 g/mol. The van der Waals surface area contributed by atoms with Crippen molar-refractivity contribution in [3.8, 4) is 0 Å². The molecule has 0 fully saturated rings. The van der Waals surface area contributed by atoms with E-state index in [1.807, 2.05) is 0 Å². The molecule has 0 heterocycles. The first kappa shape index (κ1) is 13.7. The molecule has 17 heavy (non-hydrogen) atoms. The van der Waals surface area contributed by atoms with Crippen molar-refractivity contribution in [2.24, 2.45) is 11.5 Å². The molecule has 5 nitrogen and oxygen atoms in total. The third kappa shape index (κ3) is 2.83. The van der Waals surface area contributed by atoms with Gasteiger partial charge in [0.2, 0.25) is 5.91 Å². The highest BCUT2D eigenvalue weighted by Crippen LogP contribution is 2.18. The van der Waals surface area contributed by atoms with E-state index in [2.05, 4.69) is 0 Å². The SMILES string of the molecule is CC(C)S(=O)(=O)c1ccc(C(N)C(N)=O)cc1. The Kier molecular flexibility index (Phi) is 3.90. The molecule has 1 atom stereocenters. The molecule has 4 N–H and O–H groups in total. The number of carbonyl (C=O) groups excluding carboxylic acids is 1. The van der Waals surface area contributed by atoms with Crippen LogP contribution < -0.4 is 11.5 Å². The summed E-state index contributed by atoms with van der Waals surface area (Å²) in [6.07, 6.45) is 0. The Bertz CT molecular complexity index is 506. The Morgan fingerprint density at radius 3 is 2.00 bits per heavy atom. The van der Waals surface area contributed by atoms with E-state index in [1.165, 1.54) is 24.3 Å². The summed E-state index contributed by atoms with van der Waals surface area (Å²) < 4.78 is 23.6. The molecule has 1 amide bonds. The average Bonchev–Trinajstić information content (AvgIpc) is 2.27. The largest absolute Gasteiger partial charge is 0.368 e. The topological polar surface area (TPSA) is 103 Å². The quantitative estimate of drug-likeness (QED) is 0.811. The van der Waals surface area contributed by atoms with Crippen LogP contribution in [0.5, 0.6) is 0 Å². The molecule has 1 aromatic carbocycles. The van der Waals surface area contributed by atoms with Gasteiger partial charge in [-0.25, -0.2) is 8.42 Å². The summed E-state index contributed by atoms with van der Waals surface area (Å²) in [5.74, 6) is -0.649. The molecule has 0 saturated heterocycles. The summed E-state index contributed by atoms with van der Waals surface area (Å²) in [5, 5.41) is -0.488. The van der Waals surface area contributed by atoms with Crippen LogP contribution in [0, 0.1) is 0 Å². The molecule has 0 spiro atoms. The maximum atomic E-state index is 11.8. The Labute approximate surface area is 101 Å². The van der Waals surface area contributed by atoms with Crippen molar-refractivity contribution in [3.63, 3.8) is 0 Å². The van der Waals surface area contributed by atoms with Crippen LogP contribution in [0.1, 0.15) is 25.5 Å². The number of rotatable bonds is 4. The average molecular weight is 256 g/mol.